The molecular weight excluding hydrogens is 953 g/mol. The van der Waals surface area contributed by atoms with Gasteiger partial charge in [-0.15, -0.1) is 0 Å². The zero-order valence-electron chi connectivity index (χ0n) is 40.1. The lowest BCUT2D eigenvalue weighted by molar-refractivity contribution is -0.277. The highest BCUT2D eigenvalue weighted by atomic mass is 16.7. The number of carboxylic acids is 2. The molecule has 4 aromatic rings. The third kappa shape index (κ3) is 14.0. The van der Waals surface area contributed by atoms with E-state index in [0.717, 1.165) is 11.1 Å². The summed E-state index contributed by atoms with van der Waals surface area (Å²) in [5.74, 6) is -1.69. The number of benzene rings is 4. The van der Waals surface area contributed by atoms with E-state index >= 15 is 0 Å². The molecule has 10 atom stereocenters. The van der Waals surface area contributed by atoms with Crippen molar-refractivity contribution >= 4 is 23.8 Å². The van der Waals surface area contributed by atoms with Crippen molar-refractivity contribution in [3.05, 3.63) is 107 Å². The van der Waals surface area contributed by atoms with Crippen LogP contribution in [0.2, 0.25) is 0 Å². The minimum absolute atomic E-state index is 0.0539. The maximum atomic E-state index is 13.5. The van der Waals surface area contributed by atoms with Gasteiger partial charge in [-0.25, -0.2) is 0 Å². The van der Waals surface area contributed by atoms with Gasteiger partial charge < -0.3 is 79.8 Å². The van der Waals surface area contributed by atoms with Crippen LogP contribution in [0, 0.1) is 0 Å². The van der Waals surface area contributed by atoms with Crippen molar-refractivity contribution < 1.29 is 89.2 Å². The Balaban J connectivity index is 0.943. The third-order valence-electron chi connectivity index (χ3n) is 13.4. The Morgan fingerprint density at radius 3 is 1.30 bits per heavy atom. The van der Waals surface area contributed by atoms with Crippen molar-refractivity contribution in [3.8, 4) is 33.8 Å². The fourth-order valence-corrected chi connectivity index (χ4v) is 9.37. The molecule has 3 aliphatic rings. The van der Waals surface area contributed by atoms with Crippen molar-refractivity contribution in [1.82, 2.24) is 9.80 Å². The van der Waals surface area contributed by atoms with Crippen molar-refractivity contribution in [3.63, 3.8) is 0 Å². The lowest BCUT2D eigenvalue weighted by atomic mass is 9.96. The molecule has 3 fully saturated rings. The van der Waals surface area contributed by atoms with E-state index in [2.05, 4.69) is 0 Å². The van der Waals surface area contributed by atoms with Gasteiger partial charge in [0.1, 0.15) is 60.3 Å². The van der Waals surface area contributed by atoms with Gasteiger partial charge in [-0.2, -0.15) is 0 Å². The second-order valence-corrected chi connectivity index (χ2v) is 18.7. The highest BCUT2D eigenvalue weighted by Gasteiger charge is 2.46. The van der Waals surface area contributed by atoms with E-state index in [0.29, 0.717) is 91.7 Å². The normalized spacial score (nSPS) is 25.4. The fourth-order valence-electron chi connectivity index (χ4n) is 9.37. The monoisotopic (exact) mass is 1020 g/mol. The van der Waals surface area contributed by atoms with Gasteiger partial charge in [0, 0.05) is 50.1 Å². The first kappa shape index (κ1) is 54.7. The number of carbonyl (C=O) groups is 4. The Bertz CT molecular complexity index is 2370. The number of carboxylic acid groups (broad SMARTS) is 2. The van der Waals surface area contributed by atoms with Gasteiger partial charge in [0.2, 0.25) is 24.4 Å². The Hall–Kier alpha value is -6.04. The minimum Gasteiger partial charge on any atom is -0.481 e. The Morgan fingerprint density at radius 2 is 0.918 bits per heavy atom. The van der Waals surface area contributed by atoms with Crippen molar-refractivity contribution in [2.45, 2.75) is 119 Å². The van der Waals surface area contributed by atoms with Crippen LogP contribution in [-0.4, -0.2) is 185 Å². The molecular formula is C53H64N2O18. The number of nitrogens with zero attached hydrogens (tertiary/aromatic N) is 2. The molecule has 3 aliphatic heterocycles. The first-order chi connectivity index (χ1) is 35.0. The summed E-state index contributed by atoms with van der Waals surface area (Å²) in [7, 11) is 0. The molecule has 7 rings (SSSR count). The standard InChI is InChI=1S/C53H64N2O18/c56-28-40-46(64)48(66)50(68)52(72-40)70-38-16-14-30(24-36(38)34-10-1-8-32(22-34)26-44(60)61)6-3-12-42(58)54-18-5-19-55(21-20-54)43(59)13-4-7-31-15-17-39(71-53-51(69)49(67)47(65)41(29-57)73-53)37(25-31)35-11-2-9-33(23-35)27-45(62)63/h1-2,8-11,14-17,22-25,40-41,46-53,56-57,64-69H,3-7,12-13,18-21,26-29H2,(H,60,61)(H,62,63)/t40-,41-,46-,47-,48+,49+,50+,51+,52+,53+/m1/s1. The summed E-state index contributed by atoms with van der Waals surface area (Å²) in [5.41, 5.74) is 4.96. The number of ether oxygens (including phenoxy) is 4. The molecule has 2 amide bonds. The van der Waals surface area contributed by atoms with Crippen LogP contribution in [0.15, 0.2) is 84.9 Å². The van der Waals surface area contributed by atoms with Crippen LogP contribution >= 0.6 is 0 Å². The van der Waals surface area contributed by atoms with Crippen LogP contribution in [0.3, 0.4) is 0 Å². The predicted molar refractivity (Wildman–Crippen MR) is 259 cm³/mol. The molecule has 10 N–H and O–H groups in total. The Morgan fingerprint density at radius 1 is 0.507 bits per heavy atom. The average molecular weight is 1020 g/mol. The molecule has 0 spiro atoms. The quantitative estimate of drug-likeness (QED) is 0.0591. The average Bonchev–Trinajstić information content (AvgIpc) is 3.64. The topological polar surface area (TPSA) is 314 Å². The van der Waals surface area contributed by atoms with Crippen LogP contribution in [0.25, 0.3) is 22.3 Å². The molecule has 4 aromatic carbocycles. The van der Waals surface area contributed by atoms with Gasteiger partial charge in [0.05, 0.1) is 26.1 Å². The lowest BCUT2D eigenvalue weighted by Crippen LogP contribution is -2.60. The smallest absolute Gasteiger partial charge is 0.307 e. The van der Waals surface area contributed by atoms with Crippen molar-refractivity contribution in [2.75, 3.05) is 39.4 Å². The van der Waals surface area contributed by atoms with Gasteiger partial charge in [0.15, 0.2) is 0 Å². The first-order valence-electron chi connectivity index (χ1n) is 24.4. The van der Waals surface area contributed by atoms with E-state index in [-0.39, 0.29) is 49.0 Å². The molecule has 0 bridgehead atoms. The van der Waals surface area contributed by atoms with Gasteiger partial charge in [-0.1, -0.05) is 60.7 Å². The highest BCUT2D eigenvalue weighted by molar-refractivity contribution is 5.79. The summed E-state index contributed by atoms with van der Waals surface area (Å²) in [6, 6.07) is 24.2. The number of hydrogen-bond donors (Lipinski definition) is 10. The molecule has 20 heteroatoms. The van der Waals surface area contributed by atoms with Gasteiger partial charge in [-0.3, -0.25) is 19.2 Å². The van der Waals surface area contributed by atoms with Gasteiger partial charge >= 0.3 is 11.9 Å². The molecule has 0 radical (unpaired) electrons. The maximum Gasteiger partial charge on any atom is 0.307 e. The van der Waals surface area contributed by atoms with E-state index in [1.165, 1.54) is 0 Å². The van der Waals surface area contributed by atoms with E-state index in [1.54, 1.807) is 82.6 Å². The van der Waals surface area contributed by atoms with Crippen LogP contribution in [0.4, 0.5) is 0 Å². The SMILES string of the molecule is O=C(O)Cc1cccc(-c2cc(CCCC(=O)N3CCCN(C(=O)CCCc4ccc(O[C@H]5O[C@H](CO)[C@@H](O)[C@H](O)[C@@H]5O)c(-c5cccc(CC(=O)O)c5)c4)CC3)ccc2O[C@H]2O[C@H](CO)[C@@H](O)[C@H](O)[C@@H]2O)c1. The van der Waals surface area contributed by atoms with E-state index in [1.807, 2.05) is 12.1 Å². The molecule has 0 aromatic heterocycles. The summed E-state index contributed by atoms with van der Waals surface area (Å²) in [5, 5.41) is 101. The number of amides is 2. The molecule has 20 nitrogen and oxygen atoms in total. The number of rotatable bonds is 20. The number of carbonyl (C=O) groups excluding carboxylic acids is 2. The van der Waals surface area contributed by atoms with Gasteiger partial charge in [-0.05, 0) is 89.8 Å². The van der Waals surface area contributed by atoms with Crippen LogP contribution < -0.4 is 9.47 Å². The van der Waals surface area contributed by atoms with Crippen molar-refractivity contribution in [1.29, 1.82) is 0 Å². The summed E-state index contributed by atoms with van der Waals surface area (Å²) < 4.78 is 23.3. The second-order valence-electron chi connectivity index (χ2n) is 18.7. The van der Waals surface area contributed by atoms with Crippen molar-refractivity contribution in [2.24, 2.45) is 0 Å². The zero-order chi connectivity index (χ0) is 52.3. The fraction of sp³-hybridized carbons (Fsp3) is 0.472. The molecule has 73 heavy (non-hydrogen) atoms. The Labute approximate surface area is 421 Å². The van der Waals surface area contributed by atoms with E-state index in [4.69, 9.17) is 18.9 Å². The predicted octanol–water partition coefficient (Wildman–Crippen LogP) is 1.04. The molecule has 3 saturated heterocycles. The number of aliphatic carboxylic acids is 2. The summed E-state index contributed by atoms with van der Waals surface area (Å²) >= 11 is 0. The third-order valence-corrected chi connectivity index (χ3v) is 13.4. The Kier molecular flexibility index (Phi) is 18.9. The number of aliphatic hydroxyl groups is 8. The van der Waals surface area contributed by atoms with Crippen LogP contribution in [0.5, 0.6) is 11.5 Å². The summed E-state index contributed by atoms with van der Waals surface area (Å²) in [4.78, 5) is 53.7. The number of hydrogen-bond acceptors (Lipinski definition) is 16. The molecule has 0 saturated carbocycles. The van der Waals surface area contributed by atoms with Gasteiger partial charge in [0.25, 0.3) is 0 Å². The molecule has 3 heterocycles. The zero-order valence-corrected chi connectivity index (χ0v) is 40.1. The summed E-state index contributed by atoms with van der Waals surface area (Å²) in [6.07, 6.45) is -12.5. The minimum atomic E-state index is -1.66. The van der Waals surface area contributed by atoms with E-state index < -0.39 is 86.6 Å². The largest absolute Gasteiger partial charge is 0.481 e. The molecule has 0 aliphatic carbocycles. The summed E-state index contributed by atoms with van der Waals surface area (Å²) in [6.45, 7) is 0.422. The second kappa shape index (κ2) is 25.3. The molecule has 0 unspecified atom stereocenters. The maximum absolute atomic E-state index is 13.5. The number of aryl methyl sites for hydroxylation is 2. The number of aliphatic hydroxyl groups excluding tert-OH is 8. The highest BCUT2D eigenvalue weighted by Crippen LogP contribution is 2.37. The van der Waals surface area contributed by atoms with E-state index in [9.17, 15) is 70.2 Å². The lowest BCUT2D eigenvalue weighted by Gasteiger charge is -2.39. The first-order valence-corrected chi connectivity index (χ1v) is 24.4. The van der Waals surface area contributed by atoms with Crippen LogP contribution in [0.1, 0.15) is 54.4 Å². The molecule has 394 valence electrons. The van der Waals surface area contributed by atoms with Crippen LogP contribution in [-0.2, 0) is 54.3 Å².